The molecular formula is C17H21N3O2. The fourth-order valence-electron chi connectivity index (χ4n) is 3.67. The van der Waals surface area contributed by atoms with Gasteiger partial charge in [0.15, 0.2) is 0 Å². The molecule has 1 aromatic rings. The van der Waals surface area contributed by atoms with Gasteiger partial charge in [0, 0.05) is 26.2 Å². The average Bonchev–Trinajstić information content (AvgIpc) is 2.54. The SMILES string of the molecule is N#Cc1ccccc1CN1CC[C@@H](O)[C@@]2(CCCNC2=O)C1. The zero-order valence-corrected chi connectivity index (χ0v) is 12.6. The summed E-state index contributed by atoms with van der Waals surface area (Å²) in [5, 5.41) is 22.5. The molecule has 116 valence electrons. The molecule has 1 aromatic carbocycles. The predicted octanol–water partition coefficient (Wildman–Crippen LogP) is 1.02. The highest BCUT2D eigenvalue weighted by Gasteiger charge is 2.49. The number of nitrogens with zero attached hydrogens (tertiary/aromatic N) is 2. The molecule has 0 saturated carbocycles. The van der Waals surface area contributed by atoms with Crippen molar-refractivity contribution in [1.29, 1.82) is 5.26 Å². The van der Waals surface area contributed by atoms with Gasteiger partial charge in [-0.2, -0.15) is 5.26 Å². The number of benzene rings is 1. The van der Waals surface area contributed by atoms with Crippen LogP contribution in [0, 0.1) is 16.7 Å². The predicted molar refractivity (Wildman–Crippen MR) is 81.7 cm³/mol. The number of likely N-dealkylation sites (tertiary alicyclic amines) is 1. The van der Waals surface area contributed by atoms with Crippen molar-refractivity contribution < 1.29 is 9.90 Å². The van der Waals surface area contributed by atoms with Crippen LogP contribution in [-0.4, -0.2) is 41.7 Å². The highest BCUT2D eigenvalue weighted by molar-refractivity contribution is 5.84. The lowest BCUT2D eigenvalue weighted by Crippen LogP contribution is -2.61. The van der Waals surface area contributed by atoms with E-state index in [1.807, 2.05) is 24.3 Å². The van der Waals surface area contributed by atoms with Crippen LogP contribution >= 0.6 is 0 Å². The molecule has 2 saturated heterocycles. The fraction of sp³-hybridized carbons (Fsp3) is 0.529. The first-order valence-electron chi connectivity index (χ1n) is 7.82. The molecule has 2 N–H and O–H groups in total. The molecule has 1 spiro atoms. The van der Waals surface area contributed by atoms with Gasteiger partial charge >= 0.3 is 0 Å². The maximum Gasteiger partial charge on any atom is 0.230 e. The quantitative estimate of drug-likeness (QED) is 0.855. The Morgan fingerprint density at radius 1 is 1.45 bits per heavy atom. The second kappa shape index (κ2) is 6.07. The highest BCUT2D eigenvalue weighted by atomic mass is 16.3. The van der Waals surface area contributed by atoms with Crippen molar-refractivity contribution in [3.63, 3.8) is 0 Å². The van der Waals surface area contributed by atoms with E-state index in [0.717, 1.165) is 24.9 Å². The summed E-state index contributed by atoms with van der Waals surface area (Å²) >= 11 is 0. The van der Waals surface area contributed by atoms with Gasteiger partial charge in [0.1, 0.15) is 0 Å². The van der Waals surface area contributed by atoms with Crippen LogP contribution in [0.3, 0.4) is 0 Å². The fourth-order valence-corrected chi connectivity index (χ4v) is 3.67. The van der Waals surface area contributed by atoms with Crippen LogP contribution in [0.15, 0.2) is 24.3 Å². The first kappa shape index (κ1) is 15.0. The maximum absolute atomic E-state index is 12.4. The first-order chi connectivity index (χ1) is 10.7. The van der Waals surface area contributed by atoms with Crippen LogP contribution in [0.5, 0.6) is 0 Å². The maximum atomic E-state index is 12.4. The minimum Gasteiger partial charge on any atom is -0.392 e. The number of hydrogen-bond acceptors (Lipinski definition) is 4. The normalized spacial score (nSPS) is 29.1. The van der Waals surface area contributed by atoms with Crippen molar-refractivity contribution in [2.45, 2.75) is 31.9 Å². The number of aliphatic hydroxyl groups excluding tert-OH is 1. The Morgan fingerprint density at radius 3 is 3.05 bits per heavy atom. The molecule has 5 heteroatoms. The van der Waals surface area contributed by atoms with Crippen molar-refractivity contribution >= 4 is 5.91 Å². The van der Waals surface area contributed by atoms with E-state index < -0.39 is 11.5 Å². The molecular weight excluding hydrogens is 278 g/mol. The second-order valence-electron chi connectivity index (χ2n) is 6.30. The van der Waals surface area contributed by atoms with Gasteiger partial charge in [-0.05, 0) is 30.9 Å². The molecule has 2 fully saturated rings. The Hall–Kier alpha value is -1.90. The largest absolute Gasteiger partial charge is 0.392 e. The molecule has 0 radical (unpaired) electrons. The molecule has 2 atom stereocenters. The van der Waals surface area contributed by atoms with Crippen molar-refractivity contribution in [2.75, 3.05) is 19.6 Å². The molecule has 0 aromatic heterocycles. The Bertz CT molecular complexity index is 610. The van der Waals surface area contributed by atoms with Crippen LogP contribution in [0.1, 0.15) is 30.4 Å². The van der Waals surface area contributed by atoms with E-state index in [9.17, 15) is 15.2 Å². The number of nitrogens with one attached hydrogen (secondary N) is 1. The molecule has 0 aliphatic carbocycles. The number of carbonyl (C=O) groups excluding carboxylic acids is 1. The van der Waals surface area contributed by atoms with Crippen LogP contribution in [0.2, 0.25) is 0 Å². The van der Waals surface area contributed by atoms with Crippen molar-refractivity contribution in [3.8, 4) is 6.07 Å². The van der Waals surface area contributed by atoms with Gasteiger partial charge in [-0.25, -0.2) is 0 Å². The number of piperidine rings is 2. The molecule has 1 amide bonds. The number of amides is 1. The lowest BCUT2D eigenvalue weighted by molar-refractivity contribution is -0.149. The van der Waals surface area contributed by atoms with E-state index in [1.54, 1.807) is 0 Å². The second-order valence-corrected chi connectivity index (χ2v) is 6.30. The smallest absolute Gasteiger partial charge is 0.230 e. The van der Waals surface area contributed by atoms with E-state index in [0.29, 0.717) is 31.6 Å². The molecule has 2 aliphatic rings. The van der Waals surface area contributed by atoms with E-state index in [4.69, 9.17) is 0 Å². The van der Waals surface area contributed by atoms with E-state index >= 15 is 0 Å². The molecule has 3 rings (SSSR count). The first-order valence-corrected chi connectivity index (χ1v) is 7.82. The lowest BCUT2D eigenvalue weighted by Gasteiger charge is -2.47. The number of nitriles is 1. The summed E-state index contributed by atoms with van der Waals surface area (Å²) in [5.41, 5.74) is 0.974. The molecule has 2 heterocycles. The summed E-state index contributed by atoms with van der Waals surface area (Å²) in [6.07, 6.45) is 1.67. The minimum atomic E-state index is -0.682. The zero-order chi connectivity index (χ0) is 15.6. The molecule has 22 heavy (non-hydrogen) atoms. The van der Waals surface area contributed by atoms with Gasteiger partial charge in [-0.3, -0.25) is 9.69 Å². The Balaban J connectivity index is 1.79. The van der Waals surface area contributed by atoms with Crippen molar-refractivity contribution in [3.05, 3.63) is 35.4 Å². The highest BCUT2D eigenvalue weighted by Crippen LogP contribution is 2.37. The molecule has 0 bridgehead atoms. The van der Waals surface area contributed by atoms with Crippen molar-refractivity contribution in [2.24, 2.45) is 5.41 Å². The number of carbonyl (C=O) groups is 1. The topological polar surface area (TPSA) is 76.4 Å². The Kier molecular flexibility index (Phi) is 4.14. The van der Waals surface area contributed by atoms with Gasteiger partial charge in [-0.15, -0.1) is 0 Å². The van der Waals surface area contributed by atoms with Crippen LogP contribution < -0.4 is 5.32 Å². The molecule has 5 nitrogen and oxygen atoms in total. The minimum absolute atomic E-state index is 0.0236. The zero-order valence-electron chi connectivity index (χ0n) is 12.6. The Labute approximate surface area is 130 Å². The third-order valence-corrected chi connectivity index (χ3v) is 4.93. The lowest BCUT2D eigenvalue weighted by atomic mass is 9.71. The number of aliphatic hydroxyl groups is 1. The summed E-state index contributed by atoms with van der Waals surface area (Å²) in [6, 6.07) is 9.78. The molecule has 0 unspecified atom stereocenters. The molecule has 2 aliphatic heterocycles. The van der Waals surface area contributed by atoms with Crippen LogP contribution in [-0.2, 0) is 11.3 Å². The van der Waals surface area contributed by atoms with E-state index in [2.05, 4.69) is 16.3 Å². The monoisotopic (exact) mass is 299 g/mol. The summed E-state index contributed by atoms with van der Waals surface area (Å²) in [5.74, 6) is -0.0236. The van der Waals surface area contributed by atoms with Gasteiger partial charge in [-0.1, -0.05) is 18.2 Å². The van der Waals surface area contributed by atoms with Gasteiger partial charge in [0.2, 0.25) is 5.91 Å². The third kappa shape index (κ3) is 2.60. The van der Waals surface area contributed by atoms with E-state index in [1.165, 1.54) is 0 Å². The van der Waals surface area contributed by atoms with Crippen LogP contribution in [0.4, 0.5) is 0 Å². The van der Waals surface area contributed by atoms with Gasteiger partial charge in [0.25, 0.3) is 0 Å². The van der Waals surface area contributed by atoms with E-state index in [-0.39, 0.29) is 5.91 Å². The Morgan fingerprint density at radius 2 is 2.27 bits per heavy atom. The van der Waals surface area contributed by atoms with Crippen molar-refractivity contribution in [1.82, 2.24) is 10.2 Å². The summed E-state index contributed by atoms with van der Waals surface area (Å²) < 4.78 is 0. The van der Waals surface area contributed by atoms with Gasteiger partial charge in [0.05, 0.1) is 23.2 Å². The summed E-state index contributed by atoms with van der Waals surface area (Å²) in [6.45, 7) is 2.64. The third-order valence-electron chi connectivity index (χ3n) is 4.93. The average molecular weight is 299 g/mol. The van der Waals surface area contributed by atoms with Gasteiger partial charge < -0.3 is 10.4 Å². The number of rotatable bonds is 2. The number of hydrogen-bond donors (Lipinski definition) is 2. The summed E-state index contributed by atoms with van der Waals surface area (Å²) in [4.78, 5) is 14.5. The summed E-state index contributed by atoms with van der Waals surface area (Å²) in [7, 11) is 0. The standard InChI is InChI=1S/C17H21N3O2/c18-10-13-4-1-2-5-14(13)11-20-9-6-15(21)17(12-20)7-3-8-19-16(17)22/h1-2,4-5,15,21H,3,6-9,11-12H2,(H,19,22)/t15-,17-/m1/s1. The van der Waals surface area contributed by atoms with Crippen LogP contribution in [0.25, 0.3) is 0 Å².